The lowest BCUT2D eigenvalue weighted by Crippen LogP contribution is -2.08. The summed E-state index contributed by atoms with van der Waals surface area (Å²) in [7, 11) is 0. The monoisotopic (exact) mass is 190 g/mol. The molecule has 1 aromatic carbocycles. The van der Waals surface area contributed by atoms with Gasteiger partial charge < -0.3 is 10.4 Å². The van der Waals surface area contributed by atoms with Crippen LogP contribution < -0.4 is 5.36 Å². The van der Waals surface area contributed by atoms with Crippen molar-refractivity contribution in [2.45, 2.75) is 6.92 Å². The van der Waals surface area contributed by atoms with Crippen molar-refractivity contribution in [3.63, 3.8) is 0 Å². The maximum absolute atomic E-state index is 9.57. The average molecular weight is 190 g/mol. The first-order chi connectivity index (χ1) is 6.74. The van der Waals surface area contributed by atoms with Gasteiger partial charge in [0, 0.05) is 11.6 Å². The zero-order valence-electron chi connectivity index (χ0n) is 7.68. The number of hydrogen-bond acceptors (Lipinski definition) is 3. The molecule has 0 atom stereocenters. The Bertz CT molecular complexity index is 535. The van der Waals surface area contributed by atoms with Gasteiger partial charge in [-0.3, -0.25) is 0 Å². The SMILES string of the molecule is Cc1cccc2/c(=N\O)ccn(O)c12. The van der Waals surface area contributed by atoms with Crippen LogP contribution in [0.3, 0.4) is 0 Å². The zero-order chi connectivity index (χ0) is 10.1. The van der Waals surface area contributed by atoms with E-state index in [9.17, 15) is 5.21 Å². The van der Waals surface area contributed by atoms with Crippen LogP contribution in [0.5, 0.6) is 0 Å². The van der Waals surface area contributed by atoms with Gasteiger partial charge in [-0.25, -0.2) is 0 Å². The Labute approximate surface area is 80.3 Å². The molecule has 72 valence electrons. The van der Waals surface area contributed by atoms with Crippen molar-refractivity contribution in [3.8, 4) is 0 Å². The predicted octanol–water partition coefficient (Wildman–Crippen LogP) is 1.48. The summed E-state index contributed by atoms with van der Waals surface area (Å²) in [6, 6.07) is 7.08. The van der Waals surface area contributed by atoms with E-state index in [1.165, 1.54) is 6.20 Å². The highest BCUT2D eigenvalue weighted by Gasteiger charge is 2.02. The Morgan fingerprint density at radius 1 is 1.29 bits per heavy atom. The number of rotatable bonds is 0. The van der Waals surface area contributed by atoms with Crippen LogP contribution in [0.4, 0.5) is 0 Å². The van der Waals surface area contributed by atoms with Gasteiger partial charge in [0.2, 0.25) is 0 Å². The van der Waals surface area contributed by atoms with Crippen molar-refractivity contribution >= 4 is 10.9 Å². The summed E-state index contributed by atoms with van der Waals surface area (Å²) < 4.78 is 1.03. The van der Waals surface area contributed by atoms with E-state index in [1.807, 2.05) is 19.1 Å². The van der Waals surface area contributed by atoms with Crippen molar-refractivity contribution in [3.05, 3.63) is 41.4 Å². The molecule has 2 aromatic rings. The number of nitrogens with zero attached hydrogens (tertiary/aromatic N) is 2. The third-order valence-corrected chi connectivity index (χ3v) is 2.22. The Balaban J connectivity index is 3.07. The molecule has 1 heterocycles. The molecule has 4 nitrogen and oxygen atoms in total. The number of pyridine rings is 1. The summed E-state index contributed by atoms with van der Waals surface area (Å²) in [6.45, 7) is 1.89. The van der Waals surface area contributed by atoms with Gasteiger partial charge in [-0.2, -0.15) is 4.73 Å². The highest BCUT2D eigenvalue weighted by molar-refractivity contribution is 5.81. The Morgan fingerprint density at radius 3 is 2.79 bits per heavy atom. The maximum atomic E-state index is 9.57. The molecule has 2 rings (SSSR count). The lowest BCUT2D eigenvalue weighted by Gasteiger charge is -2.06. The van der Waals surface area contributed by atoms with Crippen LogP contribution in [0.15, 0.2) is 35.6 Å². The third kappa shape index (κ3) is 1.12. The second-order valence-corrected chi connectivity index (χ2v) is 3.12. The molecule has 0 spiro atoms. The van der Waals surface area contributed by atoms with Crippen LogP contribution in [0.2, 0.25) is 0 Å². The van der Waals surface area contributed by atoms with E-state index in [4.69, 9.17) is 5.21 Å². The fraction of sp³-hybridized carbons (Fsp3) is 0.100. The van der Waals surface area contributed by atoms with Crippen molar-refractivity contribution in [1.29, 1.82) is 0 Å². The number of para-hydroxylation sites is 1. The van der Waals surface area contributed by atoms with Gasteiger partial charge in [0.15, 0.2) is 0 Å². The number of aryl methyl sites for hydroxylation is 1. The van der Waals surface area contributed by atoms with Crippen molar-refractivity contribution in [2.24, 2.45) is 5.16 Å². The van der Waals surface area contributed by atoms with Crippen LogP contribution in [0.1, 0.15) is 5.56 Å². The molecule has 0 bridgehead atoms. The minimum atomic E-state index is 0.453. The number of aromatic nitrogens is 1. The Hall–Kier alpha value is -1.97. The van der Waals surface area contributed by atoms with E-state index in [-0.39, 0.29) is 0 Å². The van der Waals surface area contributed by atoms with Crippen molar-refractivity contribution in [2.75, 3.05) is 0 Å². The van der Waals surface area contributed by atoms with Crippen LogP contribution in [0, 0.1) is 6.92 Å². The molecule has 0 aliphatic heterocycles. The largest absolute Gasteiger partial charge is 0.428 e. The highest BCUT2D eigenvalue weighted by atomic mass is 16.5. The topological polar surface area (TPSA) is 57.8 Å². The first-order valence-corrected chi connectivity index (χ1v) is 4.22. The van der Waals surface area contributed by atoms with Gasteiger partial charge >= 0.3 is 0 Å². The zero-order valence-corrected chi connectivity index (χ0v) is 7.68. The summed E-state index contributed by atoms with van der Waals surface area (Å²) in [4.78, 5) is 0. The second kappa shape index (κ2) is 3.06. The molecular weight excluding hydrogens is 180 g/mol. The molecule has 0 saturated carbocycles. The summed E-state index contributed by atoms with van der Waals surface area (Å²) in [6.07, 6.45) is 1.45. The molecule has 2 N–H and O–H groups in total. The first-order valence-electron chi connectivity index (χ1n) is 4.22. The second-order valence-electron chi connectivity index (χ2n) is 3.12. The predicted molar refractivity (Wildman–Crippen MR) is 51.2 cm³/mol. The van der Waals surface area contributed by atoms with Crippen LogP contribution in [-0.4, -0.2) is 15.1 Å². The summed E-state index contributed by atoms with van der Waals surface area (Å²) in [5, 5.41) is 22.6. The molecule has 1 aromatic heterocycles. The van der Waals surface area contributed by atoms with E-state index < -0.39 is 0 Å². The molecule has 0 aliphatic carbocycles. The highest BCUT2D eigenvalue weighted by Crippen LogP contribution is 2.13. The molecule has 0 unspecified atom stereocenters. The Morgan fingerprint density at radius 2 is 2.07 bits per heavy atom. The van der Waals surface area contributed by atoms with E-state index >= 15 is 0 Å². The summed E-state index contributed by atoms with van der Waals surface area (Å²) in [5.74, 6) is 0. The van der Waals surface area contributed by atoms with E-state index in [2.05, 4.69) is 5.16 Å². The van der Waals surface area contributed by atoms with Gasteiger partial charge in [-0.15, -0.1) is 0 Å². The van der Waals surface area contributed by atoms with E-state index in [0.717, 1.165) is 15.7 Å². The van der Waals surface area contributed by atoms with Gasteiger partial charge in [0.1, 0.15) is 5.36 Å². The van der Waals surface area contributed by atoms with Gasteiger partial charge in [0.25, 0.3) is 0 Å². The van der Waals surface area contributed by atoms with Crippen LogP contribution in [-0.2, 0) is 0 Å². The van der Waals surface area contributed by atoms with E-state index in [1.54, 1.807) is 12.1 Å². The average Bonchev–Trinajstić information content (AvgIpc) is 2.18. The van der Waals surface area contributed by atoms with Crippen molar-refractivity contribution in [1.82, 2.24) is 4.73 Å². The molecule has 0 saturated heterocycles. The summed E-state index contributed by atoms with van der Waals surface area (Å²) >= 11 is 0. The normalized spacial score (nSPS) is 12.2. The van der Waals surface area contributed by atoms with E-state index in [0.29, 0.717) is 10.9 Å². The molecule has 14 heavy (non-hydrogen) atoms. The molecular formula is C10H10N2O2. The number of fused-ring (bicyclic) bond motifs is 1. The maximum Gasteiger partial charge on any atom is 0.113 e. The molecule has 0 fully saturated rings. The van der Waals surface area contributed by atoms with Crippen LogP contribution in [0.25, 0.3) is 10.9 Å². The third-order valence-electron chi connectivity index (χ3n) is 2.22. The fourth-order valence-corrected chi connectivity index (χ4v) is 1.56. The first kappa shape index (κ1) is 8.62. The van der Waals surface area contributed by atoms with Crippen LogP contribution >= 0.6 is 0 Å². The lowest BCUT2D eigenvalue weighted by atomic mass is 10.1. The minimum Gasteiger partial charge on any atom is -0.428 e. The number of benzene rings is 1. The summed E-state index contributed by atoms with van der Waals surface area (Å²) in [5.41, 5.74) is 1.58. The Kier molecular flexibility index (Phi) is 1.89. The molecule has 4 heteroatoms. The standard InChI is InChI=1S/C10H10N2O2/c1-7-3-2-4-8-9(11-13)5-6-12(14)10(7)8/h2-6,13-14H,1H3/b11-9-. The minimum absolute atomic E-state index is 0.453. The number of hydrogen-bond donors (Lipinski definition) is 2. The fourth-order valence-electron chi connectivity index (χ4n) is 1.56. The van der Waals surface area contributed by atoms with Gasteiger partial charge in [-0.1, -0.05) is 23.4 Å². The molecule has 0 aliphatic rings. The van der Waals surface area contributed by atoms with Crippen molar-refractivity contribution < 1.29 is 10.4 Å². The lowest BCUT2D eigenvalue weighted by molar-refractivity contribution is 0.197. The molecule has 0 amide bonds. The smallest absolute Gasteiger partial charge is 0.113 e. The van der Waals surface area contributed by atoms with Gasteiger partial charge in [-0.05, 0) is 18.6 Å². The van der Waals surface area contributed by atoms with Gasteiger partial charge in [0.05, 0.1) is 5.52 Å². The molecule has 0 radical (unpaired) electrons. The quantitative estimate of drug-likeness (QED) is 0.375.